The molecule has 1 aliphatic rings. The number of hydrogen-bond acceptors (Lipinski definition) is 5. The number of rotatable bonds is 8. The normalized spacial score (nSPS) is 16.8. The molecule has 4 rings (SSSR count). The van der Waals surface area contributed by atoms with E-state index in [-0.39, 0.29) is 17.3 Å². The number of carbonyl (C=O) groups is 1. The minimum absolute atomic E-state index is 0.0296. The molecule has 0 spiro atoms. The summed E-state index contributed by atoms with van der Waals surface area (Å²) in [7, 11) is 0. The molecule has 1 N–H and O–H groups in total. The Labute approximate surface area is 198 Å². The molecular weight excluding hydrogens is 438 g/mol. The standard InChI is InChI=1S/C25H29N3O2S2/c1-17-18(2)28(16-20-10-9-15-30-20)25(26-17)31-19(3)24(29)27-22-13-7-8-14-23(22)32-21-11-5-4-6-12-21/h4-8,11-14,19-20H,9-10,15-16H2,1-3H3,(H,27,29). The highest BCUT2D eigenvalue weighted by molar-refractivity contribution is 8.00. The third kappa shape index (κ3) is 5.57. The van der Waals surface area contributed by atoms with Crippen molar-refractivity contribution in [3.63, 3.8) is 0 Å². The second-order valence-corrected chi connectivity index (χ2v) is 10.4. The van der Waals surface area contributed by atoms with Gasteiger partial charge in [-0.05, 0) is 57.9 Å². The van der Waals surface area contributed by atoms with Crippen molar-refractivity contribution in [2.45, 2.75) is 66.5 Å². The lowest BCUT2D eigenvalue weighted by Gasteiger charge is -2.17. The number of para-hydroxylation sites is 1. The molecule has 1 saturated heterocycles. The van der Waals surface area contributed by atoms with Crippen LogP contribution >= 0.6 is 23.5 Å². The lowest BCUT2D eigenvalue weighted by Crippen LogP contribution is -2.24. The van der Waals surface area contributed by atoms with Crippen molar-refractivity contribution in [1.82, 2.24) is 9.55 Å². The van der Waals surface area contributed by atoms with Gasteiger partial charge in [-0.2, -0.15) is 0 Å². The molecule has 168 valence electrons. The first-order valence-electron chi connectivity index (χ1n) is 11.0. The monoisotopic (exact) mass is 467 g/mol. The van der Waals surface area contributed by atoms with Gasteiger partial charge < -0.3 is 14.6 Å². The van der Waals surface area contributed by atoms with Crippen LogP contribution in [0.3, 0.4) is 0 Å². The highest BCUT2D eigenvalue weighted by atomic mass is 32.2. The average molecular weight is 468 g/mol. The first kappa shape index (κ1) is 23.0. The molecule has 2 aromatic carbocycles. The van der Waals surface area contributed by atoms with Gasteiger partial charge in [0.05, 0.1) is 29.3 Å². The highest BCUT2D eigenvalue weighted by Crippen LogP contribution is 2.34. The van der Waals surface area contributed by atoms with E-state index in [1.165, 1.54) is 11.8 Å². The Bertz CT molecular complexity index is 1060. The van der Waals surface area contributed by atoms with E-state index < -0.39 is 0 Å². The predicted molar refractivity (Wildman–Crippen MR) is 132 cm³/mol. The predicted octanol–water partition coefficient (Wildman–Crippen LogP) is 5.95. The zero-order valence-corrected chi connectivity index (χ0v) is 20.3. The smallest absolute Gasteiger partial charge is 0.237 e. The summed E-state index contributed by atoms with van der Waals surface area (Å²) in [6.45, 7) is 7.66. The van der Waals surface area contributed by atoms with E-state index in [2.05, 4.69) is 28.9 Å². The number of hydrogen-bond donors (Lipinski definition) is 1. The topological polar surface area (TPSA) is 56.2 Å². The molecule has 3 aromatic rings. The molecule has 0 bridgehead atoms. The molecule has 32 heavy (non-hydrogen) atoms. The van der Waals surface area contributed by atoms with Crippen LogP contribution in [0, 0.1) is 13.8 Å². The highest BCUT2D eigenvalue weighted by Gasteiger charge is 2.23. The van der Waals surface area contributed by atoms with Crippen LogP contribution < -0.4 is 5.32 Å². The molecule has 2 unspecified atom stereocenters. The molecule has 1 fully saturated rings. The summed E-state index contributed by atoms with van der Waals surface area (Å²) in [5, 5.41) is 3.72. The van der Waals surface area contributed by atoms with Crippen LogP contribution in [0.15, 0.2) is 69.5 Å². The fraction of sp³-hybridized carbons (Fsp3) is 0.360. The maximum Gasteiger partial charge on any atom is 0.237 e. The van der Waals surface area contributed by atoms with Crippen molar-refractivity contribution in [1.29, 1.82) is 0 Å². The third-order valence-corrected chi connectivity index (χ3v) is 7.77. The van der Waals surface area contributed by atoms with Crippen LogP contribution in [-0.4, -0.2) is 33.4 Å². The van der Waals surface area contributed by atoms with Gasteiger partial charge in [0, 0.05) is 22.1 Å². The zero-order valence-electron chi connectivity index (χ0n) is 18.7. The van der Waals surface area contributed by atoms with Crippen LogP contribution in [0.4, 0.5) is 5.69 Å². The fourth-order valence-corrected chi connectivity index (χ4v) is 5.57. The molecule has 7 heteroatoms. The number of nitrogens with one attached hydrogen (secondary N) is 1. The lowest BCUT2D eigenvalue weighted by molar-refractivity contribution is -0.115. The first-order valence-corrected chi connectivity index (χ1v) is 12.7. The minimum atomic E-state index is -0.283. The van der Waals surface area contributed by atoms with E-state index in [9.17, 15) is 4.79 Å². The zero-order chi connectivity index (χ0) is 22.5. The van der Waals surface area contributed by atoms with Crippen molar-refractivity contribution in [2.24, 2.45) is 0 Å². The lowest BCUT2D eigenvalue weighted by atomic mass is 10.2. The largest absolute Gasteiger partial charge is 0.376 e. The number of aryl methyl sites for hydroxylation is 1. The van der Waals surface area contributed by atoms with Crippen LogP contribution in [0.5, 0.6) is 0 Å². The number of imidazole rings is 1. The summed E-state index contributed by atoms with van der Waals surface area (Å²) in [6, 6.07) is 18.1. The Morgan fingerprint density at radius 3 is 2.69 bits per heavy atom. The van der Waals surface area contributed by atoms with Gasteiger partial charge in [0.15, 0.2) is 5.16 Å². The van der Waals surface area contributed by atoms with E-state index in [0.717, 1.165) is 58.0 Å². The molecule has 0 aliphatic carbocycles. The van der Waals surface area contributed by atoms with Crippen LogP contribution in [0.25, 0.3) is 0 Å². The summed E-state index contributed by atoms with van der Waals surface area (Å²) in [4.78, 5) is 20.0. The molecule has 0 radical (unpaired) electrons. The summed E-state index contributed by atoms with van der Waals surface area (Å²) >= 11 is 3.15. The quantitative estimate of drug-likeness (QED) is 0.415. The minimum Gasteiger partial charge on any atom is -0.376 e. The van der Waals surface area contributed by atoms with E-state index in [0.29, 0.717) is 0 Å². The Hall–Kier alpha value is -2.22. The molecule has 1 aromatic heterocycles. The van der Waals surface area contributed by atoms with Gasteiger partial charge in [0.25, 0.3) is 0 Å². The Morgan fingerprint density at radius 2 is 1.94 bits per heavy atom. The van der Waals surface area contributed by atoms with Crippen molar-refractivity contribution in [3.05, 3.63) is 66.0 Å². The molecule has 0 saturated carbocycles. The van der Waals surface area contributed by atoms with Crippen molar-refractivity contribution >= 4 is 35.1 Å². The number of nitrogens with zero attached hydrogens (tertiary/aromatic N) is 2. The van der Waals surface area contributed by atoms with E-state index in [4.69, 9.17) is 9.72 Å². The van der Waals surface area contributed by atoms with Crippen LogP contribution in [0.1, 0.15) is 31.2 Å². The molecular formula is C25H29N3O2S2. The maximum absolute atomic E-state index is 13.1. The van der Waals surface area contributed by atoms with Gasteiger partial charge in [-0.25, -0.2) is 4.98 Å². The number of aromatic nitrogens is 2. The molecule has 1 aliphatic heterocycles. The Morgan fingerprint density at radius 1 is 1.19 bits per heavy atom. The van der Waals surface area contributed by atoms with Crippen molar-refractivity contribution in [3.8, 4) is 0 Å². The van der Waals surface area contributed by atoms with Gasteiger partial charge in [-0.15, -0.1) is 0 Å². The van der Waals surface area contributed by atoms with Crippen molar-refractivity contribution in [2.75, 3.05) is 11.9 Å². The number of amides is 1. The van der Waals surface area contributed by atoms with Crippen molar-refractivity contribution < 1.29 is 9.53 Å². The number of anilines is 1. The molecule has 1 amide bonds. The van der Waals surface area contributed by atoms with Gasteiger partial charge in [0.1, 0.15) is 0 Å². The third-order valence-electron chi connectivity index (χ3n) is 5.60. The van der Waals surface area contributed by atoms with Crippen LogP contribution in [0.2, 0.25) is 0 Å². The average Bonchev–Trinajstić information content (AvgIpc) is 3.40. The van der Waals surface area contributed by atoms with E-state index >= 15 is 0 Å². The molecule has 2 atom stereocenters. The van der Waals surface area contributed by atoms with Gasteiger partial charge >= 0.3 is 0 Å². The number of thioether (sulfide) groups is 1. The van der Waals surface area contributed by atoms with Gasteiger partial charge in [-0.1, -0.05) is 53.9 Å². The molecule has 2 heterocycles. The first-order chi connectivity index (χ1) is 15.5. The Balaban J connectivity index is 1.45. The fourth-order valence-electron chi connectivity index (χ4n) is 3.64. The van der Waals surface area contributed by atoms with Gasteiger partial charge in [-0.3, -0.25) is 4.79 Å². The second kappa shape index (κ2) is 10.6. The summed E-state index contributed by atoms with van der Waals surface area (Å²) in [5.74, 6) is -0.0296. The Kier molecular flexibility index (Phi) is 7.60. The maximum atomic E-state index is 13.1. The SMILES string of the molecule is Cc1nc(SC(C)C(=O)Nc2ccccc2Sc2ccccc2)n(CC2CCCO2)c1C. The summed E-state index contributed by atoms with van der Waals surface area (Å²) in [5.41, 5.74) is 2.97. The van der Waals surface area contributed by atoms with Gasteiger partial charge in [0.2, 0.25) is 5.91 Å². The summed E-state index contributed by atoms with van der Waals surface area (Å²) in [6.07, 6.45) is 2.42. The van der Waals surface area contributed by atoms with E-state index in [1.807, 2.05) is 56.3 Å². The number of ether oxygens (including phenoxy) is 1. The van der Waals surface area contributed by atoms with E-state index in [1.54, 1.807) is 11.8 Å². The van der Waals surface area contributed by atoms with Crippen LogP contribution in [-0.2, 0) is 16.1 Å². The molecule has 5 nitrogen and oxygen atoms in total. The number of carbonyl (C=O) groups excluding carboxylic acids is 1. The second-order valence-electron chi connectivity index (χ2n) is 7.97. The summed E-state index contributed by atoms with van der Waals surface area (Å²) < 4.78 is 8.04. The number of benzene rings is 2.